The van der Waals surface area contributed by atoms with Crippen LogP contribution in [0, 0.1) is 6.92 Å². The Balaban J connectivity index is 1.59. The average molecular weight is 332 g/mol. The molecule has 6 nitrogen and oxygen atoms in total. The van der Waals surface area contributed by atoms with Crippen LogP contribution in [-0.4, -0.2) is 47.1 Å². The van der Waals surface area contributed by atoms with E-state index in [1.54, 1.807) is 29.4 Å². The van der Waals surface area contributed by atoms with E-state index in [1.165, 1.54) is 0 Å². The molecule has 0 bridgehead atoms. The van der Waals surface area contributed by atoms with E-state index in [0.29, 0.717) is 37.1 Å². The summed E-state index contributed by atoms with van der Waals surface area (Å²) in [6.07, 6.45) is 3.45. The van der Waals surface area contributed by atoms with Crippen molar-refractivity contribution in [3.63, 3.8) is 0 Å². The van der Waals surface area contributed by atoms with Crippen molar-refractivity contribution >= 4 is 29.3 Å². The molecule has 0 saturated carbocycles. The van der Waals surface area contributed by atoms with Gasteiger partial charge in [-0.05, 0) is 30.7 Å². The van der Waals surface area contributed by atoms with E-state index < -0.39 is 0 Å². The van der Waals surface area contributed by atoms with Crippen molar-refractivity contribution in [3.05, 3.63) is 47.2 Å². The second kappa shape index (κ2) is 6.83. The van der Waals surface area contributed by atoms with Crippen LogP contribution in [0.1, 0.15) is 5.56 Å². The van der Waals surface area contributed by atoms with E-state index in [2.05, 4.69) is 20.2 Å². The largest absolute Gasteiger partial charge is 0.337 e. The third kappa shape index (κ3) is 3.71. The average Bonchev–Trinajstić information content (AvgIpc) is 2.59. The Kier molecular flexibility index (Phi) is 4.62. The van der Waals surface area contributed by atoms with Crippen LogP contribution in [0.4, 0.5) is 16.4 Å². The van der Waals surface area contributed by atoms with Gasteiger partial charge in [0.2, 0.25) is 5.95 Å². The normalized spacial score (nSPS) is 14.7. The van der Waals surface area contributed by atoms with Crippen molar-refractivity contribution in [1.29, 1.82) is 0 Å². The molecule has 0 radical (unpaired) electrons. The van der Waals surface area contributed by atoms with Crippen molar-refractivity contribution in [1.82, 2.24) is 14.9 Å². The Morgan fingerprint density at radius 3 is 2.57 bits per heavy atom. The van der Waals surface area contributed by atoms with Gasteiger partial charge in [-0.25, -0.2) is 14.8 Å². The maximum absolute atomic E-state index is 12.4. The first kappa shape index (κ1) is 15.6. The lowest BCUT2D eigenvalue weighted by molar-refractivity contribution is 0.208. The number of piperazine rings is 1. The molecule has 2 amide bonds. The lowest BCUT2D eigenvalue weighted by Gasteiger charge is -2.34. The molecular formula is C16H18ClN5O. The maximum atomic E-state index is 12.4. The van der Waals surface area contributed by atoms with Gasteiger partial charge in [-0.2, -0.15) is 0 Å². The number of aromatic nitrogens is 2. The van der Waals surface area contributed by atoms with Gasteiger partial charge in [0, 0.05) is 49.3 Å². The number of hydrogen-bond acceptors (Lipinski definition) is 4. The first-order valence-corrected chi connectivity index (χ1v) is 7.85. The molecule has 3 rings (SSSR count). The highest BCUT2D eigenvalue weighted by molar-refractivity contribution is 6.31. The number of nitrogens with one attached hydrogen (secondary N) is 1. The fourth-order valence-corrected chi connectivity index (χ4v) is 2.66. The lowest BCUT2D eigenvalue weighted by atomic mass is 10.2. The minimum atomic E-state index is -0.107. The molecule has 120 valence electrons. The monoisotopic (exact) mass is 331 g/mol. The Bertz CT molecular complexity index is 686. The SMILES string of the molecule is Cc1ccc(Cl)cc1NC(=O)N1CCN(c2ncccn2)CC1. The highest BCUT2D eigenvalue weighted by Gasteiger charge is 2.22. The van der Waals surface area contributed by atoms with Gasteiger partial charge in [0.1, 0.15) is 0 Å². The third-order valence-corrected chi connectivity index (χ3v) is 4.08. The summed E-state index contributed by atoms with van der Waals surface area (Å²) in [7, 11) is 0. The van der Waals surface area contributed by atoms with Crippen LogP contribution in [0.5, 0.6) is 0 Å². The molecule has 7 heteroatoms. The Morgan fingerprint density at radius 2 is 1.87 bits per heavy atom. The smallest absolute Gasteiger partial charge is 0.321 e. The van der Waals surface area contributed by atoms with Gasteiger partial charge < -0.3 is 15.1 Å². The summed E-state index contributed by atoms with van der Waals surface area (Å²) in [4.78, 5) is 24.8. The summed E-state index contributed by atoms with van der Waals surface area (Å²) in [5.41, 5.74) is 1.73. The van der Waals surface area contributed by atoms with Gasteiger partial charge in [0.05, 0.1) is 0 Å². The molecule has 0 spiro atoms. The molecule has 0 unspecified atom stereocenters. The van der Waals surface area contributed by atoms with Crippen molar-refractivity contribution in [2.24, 2.45) is 0 Å². The molecule has 1 fully saturated rings. The summed E-state index contributed by atoms with van der Waals surface area (Å²) in [6, 6.07) is 7.15. The summed E-state index contributed by atoms with van der Waals surface area (Å²) >= 11 is 5.99. The van der Waals surface area contributed by atoms with Crippen molar-refractivity contribution in [3.8, 4) is 0 Å². The summed E-state index contributed by atoms with van der Waals surface area (Å²) in [5, 5.41) is 3.54. The molecule has 0 aliphatic carbocycles. The Morgan fingerprint density at radius 1 is 1.17 bits per heavy atom. The van der Waals surface area contributed by atoms with Gasteiger partial charge in [-0.15, -0.1) is 0 Å². The number of carbonyl (C=O) groups excluding carboxylic acids is 1. The van der Waals surface area contributed by atoms with Crippen molar-refractivity contribution in [2.45, 2.75) is 6.92 Å². The van der Waals surface area contributed by atoms with Gasteiger partial charge in [-0.1, -0.05) is 17.7 Å². The Hall–Kier alpha value is -2.34. The fraction of sp³-hybridized carbons (Fsp3) is 0.312. The lowest BCUT2D eigenvalue weighted by Crippen LogP contribution is -2.50. The van der Waals surface area contributed by atoms with Crippen LogP contribution in [0.25, 0.3) is 0 Å². The summed E-state index contributed by atoms with van der Waals surface area (Å²) in [5.74, 6) is 0.707. The highest BCUT2D eigenvalue weighted by atomic mass is 35.5. The first-order chi connectivity index (χ1) is 11.1. The van der Waals surface area contributed by atoms with Crippen LogP contribution in [0.3, 0.4) is 0 Å². The molecular weight excluding hydrogens is 314 g/mol. The minimum Gasteiger partial charge on any atom is -0.337 e. The zero-order chi connectivity index (χ0) is 16.2. The standard InChI is InChI=1S/C16H18ClN5O/c1-12-3-4-13(17)11-14(12)20-16(23)22-9-7-21(8-10-22)15-18-5-2-6-19-15/h2-6,11H,7-10H2,1H3,(H,20,23). The number of nitrogens with zero attached hydrogens (tertiary/aromatic N) is 4. The Labute approximate surface area is 140 Å². The van der Waals surface area contributed by atoms with Crippen molar-refractivity contribution in [2.75, 3.05) is 36.4 Å². The van der Waals surface area contributed by atoms with Crippen LogP contribution in [0.2, 0.25) is 5.02 Å². The molecule has 1 aliphatic heterocycles. The topological polar surface area (TPSA) is 61.4 Å². The molecule has 0 atom stereocenters. The number of hydrogen-bond donors (Lipinski definition) is 1. The van der Waals surface area contributed by atoms with E-state index in [-0.39, 0.29) is 6.03 Å². The number of anilines is 2. The van der Waals surface area contributed by atoms with Crippen LogP contribution in [0.15, 0.2) is 36.7 Å². The predicted molar refractivity (Wildman–Crippen MR) is 91.0 cm³/mol. The zero-order valence-electron chi connectivity index (χ0n) is 12.9. The second-order valence-corrected chi connectivity index (χ2v) is 5.85. The van der Waals surface area contributed by atoms with E-state index in [4.69, 9.17) is 11.6 Å². The number of halogens is 1. The van der Waals surface area contributed by atoms with E-state index in [9.17, 15) is 4.79 Å². The molecule has 1 aromatic carbocycles. The predicted octanol–water partition coefficient (Wildman–Crippen LogP) is 2.79. The third-order valence-electron chi connectivity index (χ3n) is 3.84. The number of urea groups is 1. The number of benzene rings is 1. The number of aryl methyl sites for hydroxylation is 1. The number of rotatable bonds is 2. The van der Waals surface area contributed by atoms with Gasteiger partial charge in [0.15, 0.2) is 0 Å². The van der Waals surface area contributed by atoms with Gasteiger partial charge in [0.25, 0.3) is 0 Å². The van der Waals surface area contributed by atoms with Crippen LogP contribution >= 0.6 is 11.6 Å². The molecule has 1 saturated heterocycles. The summed E-state index contributed by atoms with van der Waals surface area (Å²) in [6.45, 7) is 4.63. The maximum Gasteiger partial charge on any atom is 0.321 e. The summed E-state index contributed by atoms with van der Waals surface area (Å²) < 4.78 is 0. The van der Waals surface area contributed by atoms with E-state index in [1.807, 2.05) is 19.1 Å². The van der Waals surface area contributed by atoms with Crippen LogP contribution < -0.4 is 10.2 Å². The molecule has 1 N–H and O–H groups in total. The molecule has 2 aromatic rings. The van der Waals surface area contributed by atoms with Gasteiger partial charge in [-0.3, -0.25) is 0 Å². The van der Waals surface area contributed by atoms with Crippen LogP contribution in [-0.2, 0) is 0 Å². The molecule has 23 heavy (non-hydrogen) atoms. The molecule has 1 aliphatic rings. The number of amides is 2. The molecule has 2 heterocycles. The second-order valence-electron chi connectivity index (χ2n) is 5.41. The van der Waals surface area contributed by atoms with Crippen molar-refractivity contribution < 1.29 is 4.79 Å². The van der Waals surface area contributed by atoms with E-state index >= 15 is 0 Å². The first-order valence-electron chi connectivity index (χ1n) is 7.47. The quantitative estimate of drug-likeness (QED) is 0.919. The highest BCUT2D eigenvalue weighted by Crippen LogP contribution is 2.21. The van der Waals surface area contributed by atoms with E-state index in [0.717, 1.165) is 11.3 Å². The zero-order valence-corrected chi connectivity index (χ0v) is 13.6. The minimum absolute atomic E-state index is 0.107. The fourth-order valence-electron chi connectivity index (χ4n) is 2.49. The number of carbonyl (C=O) groups is 1. The molecule has 1 aromatic heterocycles. The van der Waals surface area contributed by atoms with Gasteiger partial charge >= 0.3 is 6.03 Å².